The summed E-state index contributed by atoms with van der Waals surface area (Å²) < 4.78 is 27.1. The Balaban J connectivity index is 1.58. The highest BCUT2D eigenvalue weighted by atomic mass is 19.1. The molecular formula is C24H14F2N4. The highest BCUT2D eigenvalue weighted by Crippen LogP contribution is 2.30. The fourth-order valence-electron chi connectivity index (χ4n) is 3.30. The number of para-hydroxylation sites is 1. The molecule has 0 unspecified atom stereocenters. The second kappa shape index (κ2) is 7.30. The Labute approximate surface area is 170 Å². The van der Waals surface area contributed by atoms with E-state index in [1.165, 1.54) is 24.3 Å². The molecule has 0 spiro atoms. The Morgan fingerprint density at radius 2 is 1.63 bits per heavy atom. The first-order valence-electron chi connectivity index (χ1n) is 9.24. The monoisotopic (exact) mass is 396 g/mol. The molecule has 6 heteroatoms. The number of fused-ring (bicyclic) bond motifs is 1. The Kier molecular flexibility index (Phi) is 4.34. The van der Waals surface area contributed by atoms with E-state index < -0.39 is 0 Å². The molecule has 2 heterocycles. The number of halogens is 2. The number of nitrogens with one attached hydrogen (secondary N) is 2. The van der Waals surface area contributed by atoms with E-state index in [-0.39, 0.29) is 11.6 Å². The Bertz CT molecular complexity index is 1440. The van der Waals surface area contributed by atoms with E-state index in [1.54, 1.807) is 24.4 Å². The maximum atomic E-state index is 13.7. The molecule has 4 nitrogen and oxygen atoms in total. The summed E-state index contributed by atoms with van der Waals surface area (Å²) >= 11 is 0. The van der Waals surface area contributed by atoms with Crippen molar-refractivity contribution in [2.24, 2.45) is 0 Å². The number of nitrogens with zero attached hydrogens (tertiary/aromatic N) is 2. The van der Waals surface area contributed by atoms with Crippen molar-refractivity contribution in [3.63, 3.8) is 0 Å². The second-order valence-corrected chi connectivity index (χ2v) is 6.71. The van der Waals surface area contributed by atoms with Crippen LogP contribution in [0.25, 0.3) is 33.7 Å². The van der Waals surface area contributed by atoms with Crippen LogP contribution in [0, 0.1) is 23.5 Å². The van der Waals surface area contributed by atoms with Crippen molar-refractivity contribution >= 4 is 11.0 Å². The summed E-state index contributed by atoms with van der Waals surface area (Å²) in [5.41, 5.74) is 4.83. The van der Waals surface area contributed by atoms with Gasteiger partial charge in [0, 0.05) is 17.3 Å². The van der Waals surface area contributed by atoms with Crippen molar-refractivity contribution < 1.29 is 8.78 Å². The van der Waals surface area contributed by atoms with Crippen molar-refractivity contribution in [2.75, 3.05) is 0 Å². The molecule has 0 saturated heterocycles. The van der Waals surface area contributed by atoms with Crippen molar-refractivity contribution in [3.05, 3.63) is 95.7 Å². The number of hydrogen-bond donors (Lipinski definition) is 2. The summed E-state index contributed by atoms with van der Waals surface area (Å²) in [6.07, 6.45) is 1.67. The molecule has 2 aromatic heterocycles. The molecule has 0 amide bonds. The van der Waals surface area contributed by atoms with Gasteiger partial charge in [0.1, 0.15) is 17.3 Å². The lowest BCUT2D eigenvalue weighted by molar-refractivity contribution is 0.627. The summed E-state index contributed by atoms with van der Waals surface area (Å²) in [5, 5.41) is 7.08. The van der Waals surface area contributed by atoms with Crippen molar-refractivity contribution in [3.8, 4) is 34.5 Å². The van der Waals surface area contributed by atoms with Gasteiger partial charge in [-0.2, -0.15) is 5.10 Å². The first-order valence-corrected chi connectivity index (χ1v) is 9.24. The first-order chi connectivity index (χ1) is 14.7. The maximum absolute atomic E-state index is 13.7. The van der Waals surface area contributed by atoms with Gasteiger partial charge >= 0.3 is 0 Å². The van der Waals surface area contributed by atoms with E-state index >= 15 is 0 Å². The van der Waals surface area contributed by atoms with Crippen LogP contribution in [0.3, 0.4) is 0 Å². The van der Waals surface area contributed by atoms with Gasteiger partial charge in [0.05, 0.1) is 16.6 Å². The van der Waals surface area contributed by atoms with Crippen LogP contribution in [0.4, 0.5) is 8.78 Å². The van der Waals surface area contributed by atoms with E-state index in [2.05, 4.69) is 27.0 Å². The van der Waals surface area contributed by atoms with Crippen molar-refractivity contribution in [1.29, 1.82) is 0 Å². The van der Waals surface area contributed by atoms with Gasteiger partial charge in [0.2, 0.25) is 0 Å². The van der Waals surface area contributed by atoms with Crippen LogP contribution >= 0.6 is 0 Å². The number of aromatic amines is 2. The normalized spacial score (nSPS) is 10.7. The number of rotatable bonds is 2. The fourth-order valence-corrected chi connectivity index (χ4v) is 3.30. The SMILES string of the molecule is Fc1cccc(C#Cc2c[nH]nc2-c2nc3c(-c4cccc(F)c4)cccc3[nH]2)c1. The second-order valence-electron chi connectivity index (χ2n) is 6.71. The van der Waals surface area contributed by atoms with Gasteiger partial charge in [-0.3, -0.25) is 5.10 Å². The molecule has 3 aromatic carbocycles. The Hall–Kier alpha value is -4.24. The zero-order valence-corrected chi connectivity index (χ0v) is 15.6. The van der Waals surface area contributed by atoms with E-state index in [4.69, 9.17) is 4.98 Å². The van der Waals surface area contributed by atoms with Crippen LogP contribution in [-0.4, -0.2) is 20.2 Å². The molecule has 0 aliphatic heterocycles. The largest absolute Gasteiger partial charge is 0.337 e. The lowest BCUT2D eigenvalue weighted by Crippen LogP contribution is -1.85. The molecule has 5 aromatic rings. The average Bonchev–Trinajstić information content (AvgIpc) is 3.38. The molecule has 2 N–H and O–H groups in total. The van der Waals surface area contributed by atoms with Crippen molar-refractivity contribution in [2.45, 2.75) is 0 Å². The first kappa shape index (κ1) is 17.8. The molecule has 0 saturated carbocycles. The average molecular weight is 396 g/mol. The van der Waals surface area contributed by atoms with Gasteiger partial charge in [-0.05, 0) is 42.0 Å². The number of imidazole rings is 1. The summed E-state index contributed by atoms with van der Waals surface area (Å²) in [6, 6.07) is 18.2. The molecule has 0 atom stereocenters. The predicted octanol–water partition coefficient (Wildman–Crippen LogP) is 5.30. The maximum Gasteiger partial charge on any atom is 0.160 e. The molecule has 0 radical (unpaired) electrons. The highest BCUT2D eigenvalue weighted by Gasteiger charge is 2.14. The fraction of sp³-hybridized carbons (Fsp3) is 0. The number of hydrogen-bond acceptors (Lipinski definition) is 2. The molecule has 30 heavy (non-hydrogen) atoms. The number of benzene rings is 3. The van der Waals surface area contributed by atoms with Crippen LogP contribution in [0.15, 0.2) is 72.9 Å². The summed E-state index contributed by atoms with van der Waals surface area (Å²) in [5.74, 6) is 5.86. The van der Waals surface area contributed by atoms with E-state index in [0.29, 0.717) is 28.2 Å². The minimum atomic E-state index is -0.337. The summed E-state index contributed by atoms with van der Waals surface area (Å²) in [7, 11) is 0. The van der Waals surface area contributed by atoms with Crippen LogP contribution < -0.4 is 0 Å². The van der Waals surface area contributed by atoms with E-state index in [0.717, 1.165) is 16.6 Å². The minimum absolute atomic E-state index is 0.303. The van der Waals surface area contributed by atoms with Gasteiger partial charge in [-0.25, -0.2) is 13.8 Å². The highest BCUT2D eigenvalue weighted by molar-refractivity contribution is 5.93. The molecule has 144 valence electrons. The van der Waals surface area contributed by atoms with Crippen LogP contribution in [0.5, 0.6) is 0 Å². The lowest BCUT2D eigenvalue weighted by atomic mass is 10.0. The summed E-state index contributed by atoms with van der Waals surface area (Å²) in [4.78, 5) is 7.96. The van der Waals surface area contributed by atoms with E-state index in [1.807, 2.05) is 24.3 Å². The topological polar surface area (TPSA) is 57.4 Å². The van der Waals surface area contributed by atoms with Crippen LogP contribution in [0.2, 0.25) is 0 Å². The molecular weight excluding hydrogens is 382 g/mol. The third-order valence-electron chi connectivity index (χ3n) is 4.68. The standard InChI is InChI=1S/C24H14F2N4/c25-18-6-1-4-15(12-18)10-11-17-14-27-30-22(17)24-28-21-9-3-8-20(23(21)29-24)16-5-2-7-19(26)13-16/h1-9,12-14H,(H,27,30)(H,28,29). The number of aromatic nitrogens is 4. The van der Waals surface area contributed by atoms with Gasteiger partial charge < -0.3 is 4.98 Å². The third-order valence-corrected chi connectivity index (χ3v) is 4.68. The van der Waals surface area contributed by atoms with Gasteiger partial charge in [0.25, 0.3) is 0 Å². The molecule has 0 bridgehead atoms. The van der Waals surface area contributed by atoms with Gasteiger partial charge in [-0.15, -0.1) is 0 Å². The predicted molar refractivity (Wildman–Crippen MR) is 111 cm³/mol. The van der Waals surface area contributed by atoms with Crippen LogP contribution in [-0.2, 0) is 0 Å². The smallest absolute Gasteiger partial charge is 0.160 e. The van der Waals surface area contributed by atoms with Crippen LogP contribution in [0.1, 0.15) is 11.1 Å². The molecule has 0 aliphatic rings. The zero-order valence-electron chi connectivity index (χ0n) is 15.6. The number of H-pyrrole nitrogens is 2. The molecule has 5 rings (SSSR count). The Morgan fingerprint density at radius 1 is 0.833 bits per heavy atom. The zero-order chi connectivity index (χ0) is 20.5. The van der Waals surface area contributed by atoms with Crippen molar-refractivity contribution in [1.82, 2.24) is 20.2 Å². The quantitative estimate of drug-likeness (QED) is 0.398. The summed E-state index contributed by atoms with van der Waals surface area (Å²) in [6.45, 7) is 0. The third kappa shape index (κ3) is 3.33. The lowest BCUT2D eigenvalue weighted by Gasteiger charge is -2.02. The Morgan fingerprint density at radius 3 is 2.47 bits per heavy atom. The molecule has 0 fully saturated rings. The van der Waals surface area contributed by atoms with Gasteiger partial charge in [0.15, 0.2) is 5.82 Å². The van der Waals surface area contributed by atoms with Gasteiger partial charge in [-0.1, -0.05) is 42.2 Å². The minimum Gasteiger partial charge on any atom is -0.337 e. The molecule has 0 aliphatic carbocycles. The van der Waals surface area contributed by atoms with E-state index in [9.17, 15) is 8.78 Å².